The highest BCUT2D eigenvalue weighted by Gasteiger charge is 2.77. The first-order chi connectivity index (χ1) is 20.9. The maximum absolute atomic E-state index is 15.1. The van der Waals surface area contributed by atoms with E-state index in [1.54, 1.807) is 26.8 Å². The number of methoxy groups -OCH3 is 1. The number of hydrogen-bond acceptors (Lipinski definition) is 12. The summed E-state index contributed by atoms with van der Waals surface area (Å²) in [6.07, 6.45) is 1.28. The molecule has 244 valence electrons. The summed E-state index contributed by atoms with van der Waals surface area (Å²) in [7, 11) is 1.23. The van der Waals surface area contributed by atoms with Crippen LogP contribution in [0.25, 0.3) is 0 Å². The van der Waals surface area contributed by atoms with Crippen molar-refractivity contribution in [2.45, 2.75) is 91.6 Å². The van der Waals surface area contributed by atoms with Crippen molar-refractivity contribution in [2.75, 3.05) is 7.11 Å². The van der Waals surface area contributed by atoms with Crippen LogP contribution in [0.5, 0.6) is 0 Å². The quantitative estimate of drug-likeness (QED) is 0.255. The number of rotatable bonds is 6. The van der Waals surface area contributed by atoms with Crippen LogP contribution >= 0.6 is 0 Å². The van der Waals surface area contributed by atoms with Crippen LogP contribution in [0.4, 0.5) is 0 Å². The third-order valence-electron chi connectivity index (χ3n) is 10.7. The van der Waals surface area contributed by atoms with Gasteiger partial charge in [-0.15, -0.1) is 0 Å². The first-order valence-corrected chi connectivity index (χ1v) is 15.0. The van der Waals surface area contributed by atoms with E-state index in [9.17, 15) is 24.0 Å². The molecule has 12 heteroatoms. The van der Waals surface area contributed by atoms with Crippen molar-refractivity contribution >= 4 is 35.6 Å². The second kappa shape index (κ2) is 10.8. The lowest BCUT2D eigenvalue weighted by Crippen LogP contribution is -2.76. The number of carbonyl (C=O) groups excluding carboxylic acids is 6. The minimum absolute atomic E-state index is 0.0797. The van der Waals surface area contributed by atoms with E-state index in [-0.39, 0.29) is 19.3 Å². The Labute approximate surface area is 261 Å². The van der Waals surface area contributed by atoms with Gasteiger partial charge < -0.3 is 28.1 Å². The number of cyclic esters (lactones) is 1. The maximum atomic E-state index is 15.1. The fourth-order valence-electron chi connectivity index (χ4n) is 9.20. The van der Waals surface area contributed by atoms with E-state index in [1.807, 2.05) is 6.92 Å². The van der Waals surface area contributed by atoms with Crippen LogP contribution in [0.3, 0.4) is 0 Å². The molecule has 2 saturated carbocycles. The predicted molar refractivity (Wildman–Crippen MR) is 153 cm³/mol. The zero-order valence-electron chi connectivity index (χ0n) is 26.8. The van der Waals surface area contributed by atoms with Crippen molar-refractivity contribution in [3.8, 4) is 0 Å². The highest BCUT2D eigenvalue weighted by atomic mass is 16.6. The summed E-state index contributed by atoms with van der Waals surface area (Å²) in [5, 5.41) is 0. The predicted octanol–water partition coefficient (Wildman–Crippen LogP) is 3.81. The average Bonchev–Trinajstić information content (AvgIpc) is 3.46. The van der Waals surface area contributed by atoms with Gasteiger partial charge in [0, 0.05) is 60.8 Å². The standard InChI is InChI=1S/C33H40O12/c1-16(34)42-22-14-31(6)21(11-25(38)44-27(31)19-9-10-41-15-19)20-13-33(45-18(3)36)28(39)32(7,26(20)22)23(12-24(37)40-8)30(4,5)29(33)43-17(2)35/h9-10,13,15,21-23,26-27,29H,11-12,14H2,1-8H3/t21-,22+,23-,26+,27-,29-,31+,32-,33-/m0/s1. The Bertz CT molecular complexity index is 1470. The second-order valence-corrected chi connectivity index (χ2v) is 13.8. The molecule has 0 amide bonds. The third-order valence-corrected chi connectivity index (χ3v) is 10.7. The van der Waals surface area contributed by atoms with E-state index in [0.29, 0.717) is 11.1 Å². The number of fused-ring (bicyclic) bond motifs is 6. The smallest absolute Gasteiger partial charge is 0.307 e. The van der Waals surface area contributed by atoms with E-state index in [1.165, 1.54) is 39.6 Å². The monoisotopic (exact) mass is 628 g/mol. The lowest BCUT2D eigenvalue weighted by molar-refractivity contribution is -0.240. The molecule has 1 saturated heterocycles. The number of carbonyl (C=O) groups is 6. The van der Waals surface area contributed by atoms with Crippen LogP contribution in [0.15, 0.2) is 34.7 Å². The molecule has 1 aromatic rings. The topological polar surface area (TPSA) is 162 Å². The van der Waals surface area contributed by atoms with Gasteiger partial charge in [-0.3, -0.25) is 28.8 Å². The molecule has 2 bridgehead atoms. The Balaban J connectivity index is 1.86. The van der Waals surface area contributed by atoms with Crippen LogP contribution in [-0.2, 0) is 52.5 Å². The molecule has 45 heavy (non-hydrogen) atoms. The summed E-state index contributed by atoms with van der Waals surface area (Å²) in [4.78, 5) is 79.4. The summed E-state index contributed by atoms with van der Waals surface area (Å²) < 4.78 is 34.1. The number of ether oxygens (including phenoxy) is 5. The molecule has 3 aliphatic carbocycles. The average molecular weight is 629 g/mol. The van der Waals surface area contributed by atoms with Crippen LogP contribution in [0.2, 0.25) is 0 Å². The minimum Gasteiger partial charge on any atom is -0.472 e. The highest BCUT2D eigenvalue weighted by molar-refractivity contribution is 6.01. The van der Waals surface area contributed by atoms with Crippen molar-refractivity contribution in [3.63, 3.8) is 0 Å². The van der Waals surface area contributed by atoms with Crippen molar-refractivity contribution in [1.29, 1.82) is 0 Å². The van der Waals surface area contributed by atoms with Gasteiger partial charge in [-0.05, 0) is 24.5 Å². The zero-order chi connectivity index (χ0) is 33.3. The lowest BCUT2D eigenvalue weighted by Gasteiger charge is -2.66. The molecule has 12 nitrogen and oxygen atoms in total. The Morgan fingerprint density at radius 3 is 2.20 bits per heavy atom. The normalized spacial score (nSPS) is 38.0. The fraction of sp³-hybridized carbons (Fsp3) is 0.636. The molecular formula is C33H40O12. The number of esters is 5. The third kappa shape index (κ3) is 4.78. The molecule has 0 radical (unpaired) electrons. The SMILES string of the molecule is COC(=O)C[C@H]1C(C)(C)[C@H](OC(C)=O)[C@]2(OC(C)=O)C=C3[C@H]([C@H](OC(C)=O)C[C@]4(C)[C@H]3CC(=O)O[C@H]4c3ccoc3)[C@@]1(C)C2=O. The van der Waals surface area contributed by atoms with Gasteiger partial charge in [-0.1, -0.05) is 33.3 Å². The van der Waals surface area contributed by atoms with Gasteiger partial charge in [0.2, 0.25) is 5.60 Å². The summed E-state index contributed by atoms with van der Waals surface area (Å²) in [5.74, 6) is -6.07. The molecule has 5 rings (SSSR count). The molecule has 9 atom stereocenters. The zero-order valence-corrected chi connectivity index (χ0v) is 26.8. The first-order valence-electron chi connectivity index (χ1n) is 15.0. The Morgan fingerprint density at radius 2 is 1.64 bits per heavy atom. The van der Waals surface area contributed by atoms with E-state index >= 15 is 4.79 Å². The first kappa shape index (κ1) is 32.4. The van der Waals surface area contributed by atoms with Gasteiger partial charge in [-0.2, -0.15) is 0 Å². The van der Waals surface area contributed by atoms with Gasteiger partial charge in [0.1, 0.15) is 12.2 Å². The fourth-order valence-corrected chi connectivity index (χ4v) is 9.20. The Hall–Kier alpha value is -3.96. The molecule has 1 aromatic heterocycles. The lowest BCUT2D eigenvalue weighted by atomic mass is 9.39. The van der Waals surface area contributed by atoms with E-state index in [4.69, 9.17) is 28.1 Å². The summed E-state index contributed by atoms with van der Waals surface area (Å²) in [6.45, 7) is 10.7. The molecule has 4 aliphatic rings. The largest absolute Gasteiger partial charge is 0.472 e. The van der Waals surface area contributed by atoms with Crippen molar-refractivity contribution in [3.05, 3.63) is 35.8 Å². The maximum Gasteiger partial charge on any atom is 0.307 e. The Morgan fingerprint density at radius 1 is 0.978 bits per heavy atom. The highest BCUT2D eigenvalue weighted by Crippen LogP contribution is 2.70. The van der Waals surface area contributed by atoms with Crippen molar-refractivity contribution in [2.24, 2.45) is 34.0 Å². The van der Waals surface area contributed by atoms with Gasteiger partial charge in [0.05, 0.1) is 26.1 Å². The van der Waals surface area contributed by atoms with E-state index in [0.717, 1.165) is 6.92 Å². The molecule has 0 unspecified atom stereocenters. The molecule has 0 N–H and O–H groups in total. The number of furan rings is 1. The number of ketones is 1. The van der Waals surface area contributed by atoms with Crippen LogP contribution < -0.4 is 0 Å². The van der Waals surface area contributed by atoms with Crippen molar-refractivity contribution < 1.29 is 56.9 Å². The van der Waals surface area contributed by atoms with E-state index in [2.05, 4.69) is 0 Å². The summed E-state index contributed by atoms with van der Waals surface area (Å²) in [5.41, 5.74) is -4.54. The minimum atomic E-state index is -2.11. The van der Waals surface area contributed by atoms with Crippen LogP contribution in [-0.4, -0.2) is 60.5 Å². The molecule has 1 aliphatic heterocycles. The molecule has 2 heterocycles. The van der Waals surface area contributed by atoms with Gasteiger partial charge >= 0.3 is 29.8 Å². The summed E-state index contributed by atoms with van der Waals surface area (Å²) >= 11 is 0. The number of Topliss-reactive ketones (excluding diaryl/α,β-unsaturated/α-hetero) is 1. The van der Waals surface area contributed by atoms with Gasteiger partial charge in [-0.25, -0.2) is 0 Å². The molecular weight excluding hydrogens is 588 g/mol. The van der Waals surface area contributed by atoms with Crippen LogP contribution in [0, 0.1) is 34.0 Å². The van der Waals surface area contributed by atoms with Gasteiger partial charge in [0.25, 0.3) is 0 Å². The van der Waals surface area contributed by atoms with Gasteiger partial charge in [0.15, 0.2) is 11.9 Å². The molecule has 0 spiro atoms. The molecule has 0 aromatic carbocycles. The van der Waals surface area contributed by atoms with Crippen LogP contribution in [0.1, 0.15) is 79.4 Å². The van der Waals surface area contributed by atoms with Crippen molar-refractivity contribution in [1.82, 2.24) is 0 Å². The Kier molecular flexibility index (Phi) is 7.81. The molecule has 3 fully saturated rings. The second-order valence-electron chi connectivity index (χ2n) is 13.8. The van der Waals surface area contributed by atoms with E-state index < -0.39 is 93.5 Å². The summed E-state index contributed by atoms with van der Waals surface area (Å²) in [6, 6.07) is 1.69. The number of hydrogen-bond donors (Lipinski definition) is 0.